The van der Waals surface area contributed by atoms with E-state index in [1.807, 2.05) is 59.3 Å². The van der Waals surface area contributed by atoms with Crippen LogP contribution in [-0.4, -0.2) is 22.1 Å². The maximum Gasteiger partial charge on any atom is 0.255 e. The molecule has 0 bridgehead atoms. The fourth-order valence-corrected chi connectivity index (χ4v) is 2.45. The minimum atomic E-state index is -0.127. The predicted octanol–water partition coefficient (Wildman–Crippen LogP) is 3.78. The van der Waals surface area contributed by atoms with Gasteiger partial charge in [-0.1, -0.05) is 25.1 Å². The summed E-state index contributed by atoms with van der Waals surface area (Å²) in [4.78, 5) is 16.3. The van der Waals surface area contributed by atoms with E-state index in [1.165, 1.54) is 5.56 Å². The van der Waals surface area contributed by atoms with Crippen LogP contribution in [0.15, 0.2) is 67.3 Å². The lowest BCUT2D eigenvalue weighted by atomic mass is 10.1. The minimum absolute atomic E-state index is 0.127. The Hall–Kier alpha value is -3.08. The van der Waals surface area contributed by atoms with E-state index in [4.69, 9.17) is 4.74 Å². The van der Waals surface area contributed by atoms with Crippen LogP contribution in [0.4, 0.5) is 5.69 Å². The molecule has 1 amide bonds. The molecule has 25 heavy (non-hydrogen) atoms. The molecule has 0 fully saturated rings. The van der Waals surface area contributed by atoms with Crippen molar-refractivity contribution < 1.29 is 9.53 Å². The highest BCUT2D eigenvalue weighted by Gasteiger charge is 2.06. The molecule has 0 saturated carbocycles. The van der Waals surface area contributed by atoms with E-state index in [0.29, 0.717) is 17.9 Å². The molecule has 128 valence electrons. The maximum atomic E-state index is 12.3. The number of aryl methyl sites for hydroxylation is 1. The van der Waals surface area contributed by atoms with E-state index >= 15 is 0 Å². The zero-order valence-corrected chi connectivity index (χ0v) is 14.2. The topological polar surface area (TPSA) is 56.1 Å². The van der Waals surface area contributed by atoms with Crippen molar-refractivity contribution in [2.24, 2.45) is 0 Å². The van der Waals surface area contributed by atoms with Crippen LogP contribution in [0.3, 0.4) is 0 Å². The lowest BCUT2D eigenvalue weighted by Gasteiger charge is -2.10. The lowest BCUT2D eigenvalue weighted by Crippen LogP contribution is -2.12. The first-order chi connectivity index (χ1) is 12.2. The Bertz CT molecular complexity index is 811. The largest absolute Gasteiger partial charge is 0.492 e. The number of rotatable bonds is 7. The van der Waals surface area contributed by atoms with Crippen molar-refractivity contribution >= 4 is 11.6 Å². The Kier molecular flexibility index (Phi) is 5.46. The summed E-state index contributed by atoms with van der Waals surface area (Å²) in [6, 6.07) is 15.1. The summed E-state index contributed by atoms with van der Waals surface area (Å²) in [6.07, 6.45) is 6.34. The van der Waals surface area contributed by atoms with Crippen LogP contribution in [-0.2, 0) is 13.0 Å². The molecule has 0 unspecified atom stereocenters. The van der Waals surface area contributed by atoms with Crippen LogP contribution in [0.1, 0.15) is 22.8 Å². The van der Waals surface area contributed by atoms with Gasteiger partial charge in [-0.05, 0) is 36.2 Å². The molecule has 5 heteroatoms. The number of amides is 1. The second-order valence-electron chi connectivity index (χ2n) is 5.68. The van der Waals surface area contributed by atoms with Crippen molar-refractivity contribution in [3.63, 3.8) is 0 Å². The number of carbonyl (C=O) groups excluding carboxylic acids is 1. The SMILES string of the molecule is CCc1ccc(C(=O)Nc2cccc(OCCn3ccnc3)c2)cc1. The molecule has 0 atom stereocenters. The molecular weight excluding hydrogens is 314 g/mol. The zero-order valence-electron chi connectivity index (χ0n) is 14.2. The fourth-order valence-electron chi connectivity index (χ4n) is 2.45. The predicted molar refractivity (Wildman–Crippen MR) is 97.9 cm³/mol. The average Bonchev–Trinajstić information content (AvgIpc) is 3.15. The molecular formula is C20H21N3O2. The smallest absolute Gasteiger partial charge is 0.255 e. The third-order valence-corrected chi connectivity index (χ3v) is 3.89. The summed E-state index contributed by atoms with van der Waals surface area (Å²) in [5, 5.41) is 2.91. The van der Waals surface area contributed by atoms with Crippen LogP contribution in [0.5, 0.6) is 5.75 Å². The summed E-state index contributed by atoms with van der Waals surface area (Å²) in [5.74, 6) is 0.595. The standard InChI is InChI=1S/C20H21N3O2/c1-2-16-6-8-17(9-7-16)20(24)22-18-4-3-5-19(14-18)25-13-12-23-11-10-21-15-23/h3-11,14-15H,2,12-13H2,1H3,(H,22,24). The lowest BCUT2D eigenvalue weighted by molar-refractivity contribution is 0.102. The van der Waals surface area contributed by atoms with Gasteiger partial charge in [0.25, 0.3) is 5.91 Å². The summed E-state index contributed by atoms with van der Waals surface area (Å²) in [7, 11) is 0. The van der Waals surface area contributed by atoms with Crippen molar-refractivity contribution in [2.75, 3.05) is 11.9 Å². The molecule has 0 saturated heterocycles. The third kappa shape index (κ3) is 4.70. The van der Waals surface area contributed by atoms with Gasteiger partial charge in [-0.3, -0.25) is 4.79 Å². The highest BCUT2D eigenvalue weighted by molar-refractivity contribution is 6.04. The Labute approximate surface area is 147 Å². The Morgan fingerprint density at radius 3 is 2.76 bits per heavy atom. The quantitative estimate of drug-likeness (QED) is 0.715. The molecule has 2 aromatic carbocycles. The highest BCUT2D eigenvalue weighted by atomic mass is 16.5. The fraction of sp³-hybridized carbons (Fsp3) is 0.200. The van der Waals surface area contributed by atoms with E-state index in [1.54, 1.807) is 12.5 Å². The van der Waals surface area contributed by atoms with Gasteiger partial charge in [-0.25, -0.2) is 4.98 Å². The maximum absolute atomic E-state index is 12.3. The monoisotopic (exact) mass is 335 g/mol. The van der Waals surface area contributed by atoms with Crippen molar-refractivity contribution in [3.05, 3.63) is 78.4 Å². The normalized spacial score (nSPS) is 10.4. The number of ether oxygens (including phenoxy) is 1. The van der Waals surface area contributed by atoms with Gasteiger partial charge in [-0.15, -0.1) is 0 Å². The van der Waals surface area contributed by atoms with E-state index in [2.05, 4.69) is 17.2 Å². The van der Waals surface area contributed by atoms with Gasteiger partial charge in [0.2, 0.25) is 0 Å². The molecule has 0 aliphatic rings. The first-order valence-electron chi connectivity index (χ1n) is 8.33. The van der Waals surface area contributed by atoms with E-state index in [0.717, 1.165) is 18.7 Å². The number of aromatic nitrogens is 2. The van der Waals surface area contributed by atoms with Crippen LogP contribution in [0.2, 0.25) is 0 Å². The van der Waals surface area contributed by atoms with Crippen molar-refractivity contribution in [1.29, 1.82) is 0 Å². The van der Waals surface area contributed by atoms with Crippen molar-refractivity contribution in [2.45, 2.75) is 19.9 Å². The molecule has 0 aliphatic carbocycles. The summed E-state index contributed by atoms with van der Waals surface area (Å²) in [6.45, 7) is 3.35. The number of hydrogen-bond donors (Lipinski definition) is 1. The Balaban J connectivity index is 1.57. The number of nitrogens with one attached hydrogen (secondary N) is 1. The van der Waals surface area contributed by atoms with Crippen molar-refractivity contribution in [1.82, 2.24) is 9.55 Å². The van der Waals surface area contributed by atoms with Gasteiger partial charge >= 0.3 is 0 Å². The van der Waals surface area contributed by atoms with E-state index < -0.39 is 0 Å². The van der Waals surface area contributed by atoms with Gasteiger partial charge in [0, 0.05) is 29.7 Å². The second-order valence-corrected chi connectivity index (χ2v) is 5.68. The molecule has 0 aliphatic heterocycles. The van der Waals surface area contributed by atoms with Crippen LogP contribution >= 0.6 is 0 Å². The second kappa shape index (κ2) is 8.15. The first kappa shape index (κ1) is 16.8. The van der Waals surface area contributed by atoms with Crippen LogP contribution in [0, 0.1) is 0 Å². The number of imidazole rings is 1. The highest BCUT2D eigenvalue weighted by Crippen LogP contribution is 2.18. The van der Waals surface area contributed by atoms with Crippen molar-refractivity contribution in [3.8, 4) is 5.75 Å². The van der Waals surface area contributed by atoms with Gasteiger partial charge in [-0.2, -0.15) is 0 Å². The zero-order chi connectivity index (χ0) is 17.5. The molecule has 3 rings (SSSR count). The summed E-state index contributed by atoms with van der Waals surface area (Å²) >= 11 is 0. The van der Waals surface area contributed by atoms with Crippen LogP contribution in [0.25, 0.3) is 0 Å². The number of hydrogen-bond acceptors (Lipinski definition) is 3. The molecule has 0 radical (unpaired) electrons. The van der Waals surface area contributed by atoms with Gasteiger partial charge < -0.3 is 14.6 Å². The number of anilines is 1. The van der Waals surface area contributed by atoms with Gasteiger partial charge in [0.1, 0.15) is 12.4 Å². The number of carbonyl (C=O) groups is 1. The van der Waals surface area contributed by atoms with Gasteiger partial charge in [0.15, 0.2) is 0 Å². The number of nitrogens with zero attached hydrogens (tertiary/aromatic N) is 2. The molecule has 5 nitrogen and oxygen atoms in total. The van der Waals surface area contributed by atoms with Gasteiger partial charge in [0.05, 0.1) is 12.9 Å². The molecule has 3 aromatic rings. The number of benzene rings is 2. The molecule has 1 N–H and O–H groups in total. The van der Waals surface area contributed by atoms with E-state index in [9.17, 15) is 4.79 Å². The van der Waals surface area contributed by atoms with Crippen LogP contribution < -0.4 is 10.1 Å². The molecule has 1 aromatic heterocycles. The third-order valence-electron chi connectivity index (χ3n) is 3.89. The summed E-state index contributed by atoms with van der Waals surface area (Å²) < 4.78 is 7.69. The first-order valence-corrected chi connectivity index (χ1v) is 8.33. The molecule has 1 heterocycles. The Morgan fingerprint density at radius 1 is 1.20 bits per heavy atom. The minimum Gasteiger partial charge on any atom is -0.492 e. The van der Waals surface area contributed by atoms with E-state index in [-0.39, 0.29) is 5.91 Å². The molecule has 0 spiro atoms. The summed E-state index contributed by atoms with van der Waals surface area (Å²) in [5.41, 5.74) is 2.57. The Morgan fingerprint density at radius 2 is 2.04 bits per heavy atom. The average molecular weight is 335 g/mol.